The number of hydrogen-bond acceptors (Lipinski definition) is 5. The van der Waals surface area contributed by atoms with Gasteiger partial charge in [0.25, 0.3) is 0 Å². The number of benzene rings is 1. The Morgan fingerprint density at radius 1 is 1.14 bits per heavy atom. The molecule has 6 nitrogen and oxygen atoms in total. The third-order valence-electron chi connectivity index (χ3n) is 6.72. The minimum atomic E-state index is -0.176. The van der Waals surface area contributed by atoms with Crippen molar-refractivity contribution in [1.29, 1.82) is 0 Å². The summed E-state index contributed by atoms with van der Waals surface area (Å²) in [6, 6.07) is 6.15. The Kier molecular flexibility index (Phi) is 8.32. The zero-order chi connectivity index (χ0) is 18.9. The van der Waals surface area contributed by atoms with Gasteiger partial charge in [0, 0.05) is 49.6 Å². The van der Waals surface area contributed by atoms with Gasteiger partial charge in [-0.2, -0.15) is 0 Å². The summed E-state index contributed by atoms with van der Waals surface area (Å²) in [4.78, 5) is 15.5. The van der Waals surface area contributed by atoms with Gasteiger partial charge < -0.3 is 25.0 Å². The normalized spacial score (nSPS) is 28.0. The number of rotatable bonds is 5. The molecule has 2 N–H and O–H groups in total. The predicted molar refractivity (Wildman–Crippen MR) is 120 cm³/mol. The lowest BCUT2D eigenvalue weighted by molar-refractivity contribution is -0.134. The summed E-state index contributed by atoms with van der Waals surface area (Å²) < 4.78 is 10.8. The van der Waals surface area contributed by atoms with Crippen LogP contribution >= 0.6 is 24.8 Å². The number of methoxy groups -OCH3 is 2. The van der Waals surface area contributed by atoms with Gasteiger partial charge >= 0.3 is 0 Å². The molecule has 3 aliphatic rings. The van der Waals surface area contributed by atoms with Gasteiger partial charge in [0.1, 0.15) is 11.5 Å². The molecule has 0 aromatic heterocycles. The molecule has 0 spiro atoms. The summed E-state index contributed by atoms with van der Waals surface area (Å²) in [5.74, 6) is 2.36. The van der Waals surface area contributed by atoms with Gasteiger partial charge in [-0.1, -0.05) is 12.8 Å². The molecule has 1 amide bonds. The van der Waals surface area contributed by atoms with E-state index in [4.69, 9.17) is 9.47 Å². The van der Waals surface area contributed by atoms with Crippen LogP contribution in [0.4, 0.5) is 5.69 Å². The van der Waals surface area contributed by atoms with Crippen LogP contribution in [0.3, 0.4) is 0 Å². The largest absolute Gasteiger partial charge is 0.497 e. The van der Waals surface area contributed by atoms with E-state index in [1.54, 1.807) is 14.2 Å². The minimum absolute atomic E-state index is 0. The first-order valence-corrected chi connectivity index (χ1v) is 10.1. The van der Waals surface area contributed by atoms with Crippen molar-refractivity contribution in [2.75, 3.05) is 45.3 Å². The number of nitrogens with zero attached hydrogens (tertiary/aromatic N) is 1. The van der Waals surface area contributed by atoms with Gasteiger partial charge in [-0.15, -0.1) is 24.8 Å². The van der Waals surface area contributed by atoms with Crippen molar-refractivity contribution in [3.05, 3.63) is 18.2 Å². The Balaban J connectivity index is 0.00000150. The first-order chi connectivity index (χ1) is 13.1. The molecule has 3 atom stereocenters. The molecule has 2 aliphatic heterocycles. The standard InChI is InChI=1S/C21H31N3O3.2ClH/c1-26-18-9-17(10-19(11-18)27-2)24-8-6-16(13-24)23-20(25)21-7-4-3-5-15(21)12-22-14-21;;/h9-11,15-16,22H,3-8,12-14H2,1-2H3,(H,23,25);2*1H/t15-,16?,21+;;/m0../s1. The molecule has 4 rings (SSSR count). The van der Waals surface area contributed by atoms with Gasteiger partial charge in [0.2, 0.25) is 5.91 Å². The SMILES string of the molecule is COc1cc(OC)cc(N2CCC(NC(=O)[C@@]34CCCC[C@H]3CNC4)C2)c1.Cl.Cl. The summed E-state index contributed by atoms with van der Waals surface area (Å²) in [5, 5.41) is 6.86. The lowest BCUT2D eigenvalue weighted by Crippen LogP contribution is -2.51. The third-order valence-corrected chi connectivity index (χ3v) is 6.72. The minimum Gasteiger partial charge on any atom is -0.497 e. The molecule has 3 fully saturated rings. The zero-order valence-electron chi connectivity index (χ0n) is 17.2. The Hall–Kier alpha value is -1.37. The fourth-order valence-electron chi connectivity index (χ4n) is 5.11. The van der Waals surface area contributed by atoms with Crippen molar-refractivity contribution in [1.82, 2.24) is 10.6 Å². The molecule has 164 valence electrons. The Labute approximate surface area is 185 Å². The van der Waals surface area contributed by atoms with Crippen LogP contribution in [0.25, 0.3) is 0 Å². The van der Waals surface area contributed by atoms with Crippen molar-refractivity contribution < 1.29 is 14.3 Å². The van der Waals surface area contributed by atoms with Crippen molar-refractivity contribution in [2.45, 2.75) is 38.1 Å². The maximum Gasteiger partial charge on any atom is 0.228 e. The number of anilines is 1. The maximum atomic E-state index is 13.2. The average molecular weight is 446 g/mol. The molecule has 1 saturated carbocycles. The molecule has 0 bridgehead atoms. The van der Waals surface area contributed by atoms with Crippen LogP contribution in [0.2, 0.25) is 0 Å². The number of nitrogens with one attached hydrogen (secondary N) is 2. The van der Waals surface area contributed by atoms with Gasteiger partial charge in [0.05, 0.1) is 19.6 Å². The first-order valence-electron chi connectivity index (χ1n) is 10.1. The van der Waals surface area contributed by atoms with Crippen molar-refractivity contribution in [3.63, 3.8) is 0 Å². The summed E-state index contributed by atoms with van der Waals surface area (Å²) in [7, 11) is 3.34. The third kappa shape index (κ3) is 4.70. The van der Waals surface area contributed by atoms with Gasteiger partial charge in [0.15, 0.2) is 0 Å². The first kappa shape index (κ1) is 23.9. The van der Waals surface area contributed by atoms with Gasteiger partial charge in [-0.3, -0.25) is 4.79 Å². The number of carbonyl (C=O) groups is 1. The Morgan fingerprint density at radius 2 is 1.86 bits per heavy atom. The molecule has 2 saturated heterocycles. The second-order valence-electron chi connectivity index (χ2n) is 8.21. The molecule has 29 heavy (non-hydrogen) atoms. The van der Waals surface area contributed by atoms with Crippen molar-refractivity contribution >= 4 is 36.4 Å². The van der Waals surface area contributed by atoms with Crippen molar-refractivity contribution in [2.24, 2.45) is 11.3 Å². The molecule has 0 radical (unpaired) electrons. The summed E-state index contributed by atoms with van der Waals surface area (Å²) >= 11 is 0. The highest BCUT2D eigenvalue weighted by atomic mass is 35.5. The van der Waals surface area contributed by atoms with Crippen LogP contribution in [0.5, 0.6) is 11.5 Å². The molecule has 2 heterocycles. The van der Waals surface area contributed by atoms with Gasteiger partial charge in [-0.25, -0.2) is 0 Å². The summed E-state index contributed by atoms with van der Waals surface area (Å²) in [6.07, 6.45) is 5.61. The predicted octanol–water partition coefficient (Wildman–Crippen LogP) is 3.02. The van der Waals surface area contributed by atoms with Crippen molar-refractivity contribution in [3.8, 4) is 11.5 Å². The number of ether oxygens (including phenoxy) is 2. The van der Waals surface area contributed by atoms with E-state index in [0.29, 0.717) is 5.92 Å². The van der Waals surface area contributed by atoms with Crippen LogP contribution in [-0.2, 0) is 4.79 Å². The van der Waals surface area contributed by atoms with Crippen LogP contribution in [0, 0.1) is 11.3 Å². The fraction of sp³-hybridized carbons (Fsp3) is 0.667. The number of amides is 1. The van der Waals surface area contributed by atoms with Crippen LogP contribution in [-0.4, -0.2) is 52.3 Å². The molecule has 8 heteroatoms. The number of hydrogen-bond donors (Lipinski definition) is 2. The van der Waals surface area contributed by atoms with E-state index in [1.165, 1.54) is 19.3 Å². The van der Waals surface area contributed by atoms with Crippen LogP contribution in [0.15, 0.2) is 18.2 Å². The highest BCUT2D eigenvalue weighted by Crippen LogP contribution is 2.44. The lowest BCUT2D eigenvalue weighted by atomic mass is 9.67. The molecular weight excluding hydrogens is 413 g/mol. The monoisotopic (exact) mass is 445 g/mol. The zero-order valence-corrected chi connectivity index (χ0v) is 18.9. The second kappa shape index (κ2) is 10.1. The van der Waals surface area contributed by atoms with E-state index in [2.05, 4.69) is 15.5 Å². The highest BCUT2D eigenvalue weighted by molar-refractivity contribution is 5.85. The molecule has 1 aromatic carbocycles. The summed E-state index contributed by atoms with van der Waals surface area (Å²) in [5.41, 5.74) is 0.907. The highest BCUT2D eigenvalue weighted by Gasteiger charge is 2.50. The molecular formula is C21H33Cl2N3O3. The molecule has 1 unspecified atom stereocenters. The quantitative estimate of drug-likeness (QED) is 0.728. The topological polar surface area (TPSA) is 62.8 Å². The lowest BCUT2D eigenvalue weighted by Gasteiger charge is -2.37. The Morgan fingerprint density at radius 3 is 2.55 bits per heavy atom. The van der Waals surface area contributed by atoms with E-state index < -0.39 is 0 Å². The fourth-order valence-corrected chi connectivity index (χ4v) is 5.11. The smallest absolute Gasteiger partial charge is 0.228 e. The maximum absolute atomic E-state index is 13.2. The van der Waals surface area contributed by atoms with E-state index >= 15 is 0 Å². The van der Waals surface area contributed by atoms with E-state index in [9.17, 15) is 4.79 Å². The number of halogens is 2. The van der Waals surface area contributed by atoms with Crippen LogP contribution < -0.4 is 25.0 Å². The van der Waals surface area contributed by atoms with E-state index in [1.807, 2.05) is 18.2 Å². The van der Waals surface area contributed by atoms with E-state index in [0.717, 1.165) is 56.2 Å². The van der Waals surface area contributed by atoms with Gasteiger partial charge in [-0.05, 0) is 31.7 Å². The summed E-state index contributed by atoms with van der Waals surface area (Å²) in [6.45, 7) is 3.59. The molecule has 1 aliphatic carbocycles. The second-order valence-corrected chi connectivity index (χ2v) is 8.21. The molecule has 1 aromatic rings. The number of carbonyl (C=O) groups excluding carboxylic acids is 1. The van der Waals surface area contributed by atoms with Crippen LogP contribution in [0.1, 0.15) is 32.1 Å². The number of fused-ring (bicyclic) bond motifs is 1. The van der Waals surface area contributed by atoms with E-state index in [-0.39, 0.29) is 42.2 Å². The Bertz CT molecular complexity index is 683. The average Bonchev–Trinajstić information content (AvgIpc) is 3.35.